The lowest BCUT2D eigenvalue weighted by atomic mass is 10.2. The van der Waals surface area contributed by atoms with Crippen molar-refractivity contribution >= 4 is 27.3 Å². The molecule has 7 nitrogen and oxygen atoms in total. The van der Waals surface area contributed by atoms with Gasteiger partial charge in [0.1, 0.15) is 18.0 Å². The number of nitrogens with zero attached hydrogens (tertiary/aromatic N) is 1. The molecule has 0 fully saturated rings. The van der Waals surface area contributed by atoms with E-state index in [2.05, 4.69) is 5.32 Å². The van der Waals surface area contributed by atoms with E-state index in [-0.39, 0.29) is 4.90 Å². The van der Waals surface area contributed by atoms with Gasteiger partial charge < -0.3 is 14.8 Å². The molecule has 0 bridgehead atoms. The summed E-state index contributed by atoms with van der Waals surface area (Å²) in [6, 6.07) is 18.8. The normalized spacial score (nSPS) is 11.0. The number of hydrogen-bond acceptors (Lipinski definition) is 5. The molecule has 3 aromatic carbocycles. The Morgan fingerprint density at radius 3 is 2.36 bits per heavy atom. The Bertz CT molecular complexity index is 1220. The quantitative estimate of drug-likeness (QED) is 0.498. The lowest BCUT2D eigenvalue weighted by Gasteiger charge is -2.25. The van der Waals surface area contributed by atoms with Crippen molar-refractivity contribution in [1.82, 2.24) is 0 Å². The van der Waals surface area contributed by atoms with Crippen LogP contribution in [0.4, 0.5) is 11.4 Å². The first-order chi connectivity index (χ1) is 15.8. The predicted molar refractivity (Wildman–Crippen MR) is 130 cm³/mol. The molecule has 1 amide bonds. The molecule has 0 aliphatic heterocycles. The Hall–Kier alpha value is -3.52. The highest BCUT2D eigenvalue weighted by molar-refractivity contribution is 7.93. The van der Waals surface area contributed by atoms with Crippen LogP contribution in [0.25, 0.3) is 0 Å². The number of rotatable bonds is 9. The fraction of sp³-hybridized carbons (Fsp3) is 0.240. The van der Waals surface area contributed by atoms with Crippen LogP contribution in [-0.4, -0.2) is 34.6 Å². The Morgan fingerprint density at radius 2 is 1.70 bits per heavy atom. The van der Waals surface area contributed by atoms with E-state index in [0.717, 1.165) is 9.87 Å². The smallest absolute Gasteiger partial charge is 0.265 e. The fourth-order valence-corrected chi connectivity index (χ4v) is 5.07. The number of methoxy groups -OCH3 is 1. The molecule has 0 unspecified atom stereocenters. The second-order valence-electron chi connectivity index (χ2n) is 7.46. The van der Waals surface area contributed by atoms with E-state index >= 15 is 0 Å². The van der Waals surface area contributed by atoms with Gasteiger partial charge in [0.25, 0.3) is 10.0 Å². The number of para-hydroxylation sites is 2. The van der Waals surface area contributed by atoms with Crippen LogP contribution in [0.15, 0.2) is 71.6 Å². The molecule has 33 heavy (non-hydrogen) atoms. The summed E-state index contributed by atoms with van der Waals surface area (Å²) in [6.45, 7) is 5.43. The Balaban J connectivity index is 1.99. The summed E-state index contributed by atoms with van der Waals surface area (Å²) in [5, 5.41) is 2.77. The number of aryl methyl sites for hydroxylation is 2. The molecule has 0 radical (unpaired) electrons. The molecule has 0 aliphatic rings. The summed E-state index contributed by atoms with van der Waals surface area (Å²) >= 11 is 0. The molecule has 3 rings (SSSR count). The van der Waals surface area contributed by atoms with Gasteiger partial charge in [0, 0.05) is 0 Å². The highest BCUT2D eigenvalue weighted by Crippen LogP contribution is 2.29. The van der Waals surface area contributed by atoms with E-state index in [1.54, 1.807) is 67.6 Å². The molecule has 0 heterocycles. The molecular formula is C25H28N2O5S. The number of nitrogens with one attached hydrogen (secondary N) is 1. The number of carbonyl (C=O) groups is 1. The van der Waals surface area contributed by atoms with E-state index in [4.69, 9.17) is 9.47 Å². The molecule has 0 saturated heterocycles. The maximum atomic E-state index is 13.7. The highest BCUT2D eigenvalue weighted by atomic mass is 32.2. The van der Waals surface area contributed by atoms with Gasteiger partial charge in [-0.3, -0.25) is 9.10 Å². The zero-order valence-corrected chi connectivity index (χ0v) is 20.0. The molecule has 0 atom stereocenters. The summed E-state index contributed by atoms with van der Waals surface area (Å²) < 4.78 is 39.3. The molecule has 0 spiro atoms. The zero-order chi connectivity index (χ0) is 24.0. The first kappa shape index (κ1) is 24.1. The topological polar surface area (TPSA) is 84.9 Å². The number of hydrogen-bond donors (Lipinski definition) is 1. The van der Waals surface area contributed by atoms with E-state index in [9.17, 15) is 13.2 Å². The van der Waals surface area contributed by atoms with Gasteiger partial charge in [0.05, 0.1) is 30.0 Å². The summed E-state index contributed by atoms with van der Waals surface area (Å²) in [6.07, 6.45) is 0. The third-order valence-corrected chi connectivity index (χ3v) is 6.94. The summed E-state index contributed by atoms with van der Waals surface area (Å²) in [7, 11) is -2.50. The molecule has 0 aliphatic carbocycles. The molecule has 0 aromatic heterocycles. The van der Waals surface area contributed by atoms with Gasteiger partial charge in [0.15, 0.2) is 0 Å². The first-order valence-corrected chi connectivity index (χ1v) is 12.0. The van der Waals surface area contributed by atoms with Crippen LogP contribution < -0.4 is 19.1 Å². The first-order valence-electron chi connectivity index (χ1n) is 10.5. The van der Waals surface area contributed by atoms with Gasteiger partial charge >= 0.3 is 0 Å². The Labute approximate surface area is 195 Å². The molecule has 8 heteroatoms. The van der Waals surface area contributed by atoms with Gasteiger partial charge in [-0.05, 0) is 74.4 Å². The second-order valence-corrected chi connectivity index (χ2v) is 9.29. The number of anilines is 2. The minimum Gasteiger partial charge on any atom is -0.497 e. The van der Waals surface area contributed by atoms with Gasteiger partial charge in [-0.2, -0.15) is 0 Å². The average Bonchev–Trinajstić information content (AvgIpc) is 2.80. The van der Waals surface area contributed by atoms with E-state index in [0.29, 0.717) is 35.0 Å². The molecule has 1 N–H and O–H groups in total. The van der Waals surface area contributed by atoms with Gasteiger partial charge in [-0.25, -0.2) is 8.42 Å². The van der Waals surface area contributed by atoms with Gasteiger partial charge in [-0.15, -0.1) is 0 Å². The largest absolute Gasteiger partial charge is 0.497 e. The van der Waals surface area contributed by atoms with Crippen LogP contribution >= 0.6 is 0 Å². The number of ether oxygens (including phenoxy) is 2. The predicted octanol–water partition coefficient (Wildman–Crippen LogP) is 4.54. The lowest BCUT2D eigenvalue weighted by Crippen LogP contribution is -2.38. The number of sulfonamides is 1. The zero-order valence-electron chi connectivity index (χ0n) is 19.2. The van der Waals surface area contributed by atoms with E-state index < -0.39 is 22.5 Å². The standard InChI is InChI=1S/C25H28N2O5S/c1-5-32-23-9-7-6-8-22(23)26-25(28)17-27(20-12-14-21(31-4)15-13-20)33(29,30)24-16-18(2)10-11-19(24)3/h6-16H,5,17H2,1-4H3,(H,26,28). The van der Waals surface area contributed by atoms with Crippen LogP contribution in [-0.2, 0) is 14.8 Å². The second kappa shape index (κ2) is 10.4. The van der Waals surface area contributed by atoms with Crippen LogP contribution in [0.2, 0.25) is 0 Å². The molecule has 0 saturated carbocycles. The van der Waals surface area contributed by atoms with Crippen molar-refractivity contribution in [2.24, 2.45) is 0 Å². The third-order valence-electron chi connectivity index (χ3n) is 5.02. The van der Waals surface area contributed by atoms with Crippen molar-refractivity contribution in [2.75, 3.05) is 29.9 Å². The summed E-state index contributed by atoms with van der Waals surface area (Å²) in [4.78, 5) is 13.2. The summed E-state index contributed by atoms with van der Waals surface area (Å²) in [5.74, 6) is 0.603. The molecular weight excluding hydrogens is 440 g/mol. The van der Waals surface area contributed by atoms with Crippen molar-refractivity contribution in [2.45, 2.75) is 25.7 Å². The monoisotopic (exact) mass is 468 g/mol. The molecule has 174 valence electrons. The van der Waals surface area contributed by atoms with Crippen molar-refractivity contribution in [3.05, 3.63) is 77.9 Å². The minimum atomic E-state index is -4.03. The van der Waals surface area contributed by atoms with Crippen molar-refractivity contribution < 1.29 is 22.7 Å². The van der Waals surface area contributed by atoms with Crippen molar-refractivity contribution in [1.29, 1.82) is 0 Å². The van der Waals surface area contributed by atoms with Crippen molar-refractivity contribution in [3.63, 3.8) is 0 Å². The van der Waals surface area contributed by atoms with E-state index in [1.807, 2.05) is 19.9 Å². The van der Waals surface area contributed by atoms with E-state index in [1.165, 1.54) is 7.11 Å². The average molecular weight is 469 g/mol. The Kier molecular flexibility index (Phi) is 7.60. The van der Waals surface area contributed by atoms with Crippen LogP contribution in [0.1, 0.15) is 18.1 Å². The van der Waals surface area contributed by atoms with Gasteiger partial charge in [0.2, 0.25) is 5.91 Å². The van der Waals surface area contributed by atoms with Crippen LogP contribution in [0.3, 0.4) is 0 Å². The maximum absolute atomic E-state index is 13.7. The number of carbonyl (C=O) groups excluding carboxylic acids is 1. The maximum Gasteiger partial charge on any atom is 0.265 e. The van der Waals surface area contributed by atoms with Gasteiger partial charge in [-0.1, -0.05) is 24.3 Å². The lowest BCUT2D eigenvalue weighted by molar-refractivity contribution is -0.114. The van der Waals surface area contributed by atoms with Crippen molar-refractivity contribution in [3.8, 4) is 11.5 Å². The molecule has 3 aromatic rings. The fourth-order valence-electron chi connectivity index (χ4n) is 3.34. The number of amides is 1. The third kappa shape index (κ3) is 5.64. The van der Waals surface area contributed by atoms with Crippen LogP contribution in [0.5, 0.6) is 11.5 Å². The summed E-state index contributed by atoms with van der Waals surface area (Å²) in [5.41, 5.74) is 2.23. The minimum absolute atomic E-state index is 0.154. The highest BCUT2D eigenvalue weighted by Gasteiger charge is 2.29. The van der Waals surface area contributed by atoms with Crippen LogP contribution in [0, 0.1) is 13.8 Å². The Morgan fingerprint density at radius 1 is 1.00 bits per heavy atom. The number of benzene rings is 3. The SMILES string of the molecule is CCOc1ccccc1NC(=O)CN(c1ccc(OC)cc1)S(=O)(=O)c1cc(C)ccc1C.